The molecule has 0 radical (unpaired) electrons. The van der Waals surface area contributed by atoms with Crippen molar-refractivity contribution in [3.05, 3.63) is 23.0 Å². The second kappa shape index (κ2) is 5.89. The molecule has 1 unspecified atom stereocenters. The van der Waals surface area contributed by atoms with Crippen molar-refractivity contribution >= 4 is 11.2 Å². The van der Waals surface area contributed by atoms with Gasteiger partial charge in [-0.25, -0.2) is 9.97 Å². The summed E-state index contributed by atoms with van der Waals surface area (Å²) >= 11 is 0. The number of H-pyrrole nitrogens is 1. The molecule has 9 nitrogen and oxygen atoms in total. The summed E-state index contributed by atoms with van der Waals surface area (Å²) in [5, 5.41) is 27.2. The highest BCUT2D eigenvalue weighted by molar-refractivity contribution is 5.68. The Morgan fingerprint density at radius 3 is 2.63 bits per heavy atom. The number of aromatic nitrogens is 4. The van der Waals surface area contributed by atoms with Crippen LogP contribution in [0.3, 0.4) is 0 Å². The highest BCUT2D eigenvalue weighted by Gasteiger charge is 2.19. The number of aliphatic hydroxyl groups is 3. The number of aliphatic hydroxyl groups excluding tert-OH is 3. The van der Waals surface area contributed by atoms with E-state index in [2.05, 4.69) is 15.0 Å². The highest BCUT2D eigenvalue weighted by Crippen LogP contribution is 2.15. The number of aromatic amines is 1. The number of ether oxygens (including phenoxy) is 1. The van der Waals surface area contributed by atoms with Crippen LogP contribution in [0.4, 0.5) is 0 Å². The van der Waals surface area contributed by atoms with Crippen LogP contribution in [0.25, 0.3) is 11.2 Å². The quantitative estimate of drug-likeness (QED) is 0.476. The Kier molecular flexibility index (Phi) is 4.22. The van der Waals surface area contributed by atoms with Gasteiger partial charge in [-0.3, -0.25) is 9.36 Å². The van der Waals surface area contributed by atoms with Crippen molar-refractivity contribution in [1.29, 1.82) is 0 Å². The number of fused-ring (bicyclic) bond motifs is 1. The normalized spacial score (nSPS) is 13.3. The van der Waals surface area contributed by atoms with Crippen molar-refractivity contribution in [3.63, 3.8) is 0 Å². The van der Waals surface area contributed by atoms with E-state index in [0.717, 1.165) is 0 Å². The molecule has 0 aliphatic rings. The van der Waals surface area contributed by atoms with Crippen LogP contribution in [0.5, 0.6) is 0 Å². The third-order valence-electron chi connectivity index (χ3n) is 2.59. The molecular weight excluding hydrogens is 256 g/mol. The van der Waals surface area contributed by atoms with Crippen LogP contribution < -0.4 is 5.56 Å². The zero-order valence-corrected chi connectivity index (χ0v) is 9.93. The van der Waals surface area contributed by atoms with Gasteiger partial charge in [0.2, 0.25) is 0 Å². The molecule has 0 aliphatic carbocycles. The van der Waals surface area contributed by atoms with Crippen LogP contribution in [0.2, 0.25) is 0 Å². The number of imidazole rings is 1. The molecule has 104 valence electrons. The van der Waals surface area contributed by atoms with Gasteiger partial charge in [-0.15, -0.1) is 0 Å². The van der Waals surface area contributed by atoms with E-state index in [0.29, 0.717) is 0 Å². The van der Waals surface area contributed by atoms with Gasteiger partial charge in [0, 0.05) is 0 Å². The van der Waals surface area contributed by atoms with Crippen LogP contribution in [0, 0.1) is 0 Å². The largest absolute Gasteiger partial charge is 0.394 e. The van der Waals surface area contributed by atoms with Gasteiger partial charge in [-0.2, -0.15) is 0 Å². The first-order chi connectivity index (χ1) is 9.21. The molecule has 0 amide bonds. The van der Waals surface area contributed by atoms with E-state index in [1.165, 1.54) is 17.2 Å². The topological polar surface area (TPSA) is 133 Å². The average molecular weight is 270 g/mol. The Morgan fingerprint density at radius 1 is 1.26 bits per heavy atom. The minimum absolute atomic E-state index is 0.120. The molecule has 0 bridgehead atoms. The molecule has 0 aromatic carbocycles. The van der Waals surface area contributed by atoms with Crippen molar-refractivity contribution < 1.29 is 20.1 Å². The lowest BCUT2D eigenvalue weighted by molar-refractivity contribution is -0.110. The molecule has 19 heavy (non-hydrogen) atoms. The van der Waals surface area contributed by atoms with E-state index >= 15 is 0 Å². The first-order valence-corrected chi connectivity index (χ1v) is 5.59. The molecule has 0 saturated carbocycles. The van der Waals surface area contributed by atoms with E-state index in [1.54, 1.807) is 0 Å². The molecule has 4 N–H and O–H groups in total. The van der Waals surface area contributed by atoms with Crippen molar-refractivity contribution in [2.75, 3.05) is 19.8 Å². The Labute approximate surface area is 107 Å². The van der Waals surface area contributed by atoms with Crippen molar-refractivity contribution in [2.45, 2.75) is 12.3 Å². The first kappa shape index (κ1) is 13.6. The van der Waals surface area contributed by atoms with Crippen LogP contribution in [0.1, 0.15) is 6.23 Å². The molecular formula is C10H14N4O5. The molecule has 2 rings (SSSR count). The number of nitrogens with one attached hydrogen (secondary N) is 1. The molecule has 0 aliphatic heterocycles. The van der Waals surface area contributed by atoms with Gasteiger partial charge in [-0.05, 0) is 0 Å². The molecule has 1 atom stereocenters. The van der Waals surface area contributed by atoms with Crippen LogP contribution in [-0.4, -0.2) is 60.8 Å². The monoisotopic (exact) mass is 270 g/mol. The molecule has 2 heterocycles. The summed E-state index contributed by atoms with van der Waals surface area (Å²) < 4.78 is 6.68. The summed E-state index contributed by atoms with van der Waals surface area (Å²) in [6.07, 6.45) is 0.784. The average Bonchev–Trinajstić information content (AvgIpc) is 2.86. The highest BCUT2D eigenvalue weighted by atomic mass is 16.5. The van der Waals surface area contributed by atoms with Gasteiger partial charge < -0.3 is 25.0 Å². The van der Waals surface area contributed by atoms with Crippen molar-refractivity contribution in [2.24, 2.45) is 0 Å². The van der Waals surface area contributed by atoms with Crippen molar-refractivity contribution in [3.8, 4) is 0 Å². The Hall–Kier alpha value is -1.81. The molecule has 0 saturated heterocycles. The van der Waals surface area contributed by atoms with Gasteiger partial charge in [0.05, 0.1) is 32.5 Å². The summed E-state index contributed by atoms with van der Waals surface area (Å²) in [7, 11) is 0. The molecule has 2 aromatic heterocycles. The second-order valence-corrected chi connectivity index (χ2v) is 3.82. The summed E-state index contributed by atoms with van der Waals surface area (Å²) in [6, 6.07) is 0. The maximum atomic E-state index is 11.5. The van der Waals surface area contributed by atoms with E-state index in [4.69, 9.17) is 14.9 Å². The molecule has 2 aromatic rings. The zero-order chi connectivity index (χ0) is 13.8. The third-order valence-corrected chi connectivity index (χ3v) is 2.59. The number of hydrogen-bond donors (Lipinski definition) is 4. The predicted molar refractivity (Wildman–Crippen MR) is 63.3 cm³/mol. The molecule has 9 heteroatoms. The summed E-state index contributed by atoms with van der Waals surface area (Å²) in [5.74, 6) is 0. The maximum Gasteiger partial charge on any atom is 0.278 e. The smallest absolute Gasteiger partial charge is 0.278 e. The van der Waals surface area contributed by atoms with E-state index < -0.39 is 37.7 Å². The standard InChI is InChI=1S/C10H14N4O5/c15-1-6(2-16)19-7(3-17)14-5-13-8-9(14)11-4-12-10(8)18/h4-7,15-17H,1-3H2,(H,11,12,18). The maximum absolute atomic E-state index is 11.5. The van der Waals surface area contributed by atoms with Gasteiger partial charge in [0.15, 0.2) is 17.4 Å². The Balaban J connectivity index is 2.36. The fourth-order valence-corrected chi connectivity index (χ4v) is 1.64. The van der Waals surface area contributed by atoms with E-state index in [9.17, 15) is 9.90 Å². The Morgan fingerprint density at radius 2 is 2.00 bits per heavy atom. The second-order valence-electron chi connectivity index (χ2n) is 3.82. The summed E-state index contributed by atoms with van der Waals surface area (Å²) in [5.41, 5.74) is -0.0344. The van der Waals surface area contributed by atoms with Gasteiger partial charge in [-0.1, -0.05) is 0 Å². The van der Waals surface area contributed by atoms with Crippen LogP contribution in [-0.2, 0) is 4.74 Å². The predicted octanol–water partition coefficient (Wildman–Crippen LogP) is -2.02. The minimum Gasteiger partial charge on any atom is -0.394 e. The van der Waals surface area contributed by atoms with Gasteiger partial charge in [0.1, 0.15) is 6.10 Å². The SMILES string of the molecule is O=c1[nH]cnc2c1ncn2C(CO)OC(CO)CO. The third kappa shape index (κ3) is 2.63. The summed E-state index contributed by atoms with van der Waals surface area (Å²) in [6.45, 7) is -1.21. The molecule has 0 spiro atoms. The fraction of sp³-hybridized carbons (Fsp3) is 0.500. The number of nitrogens with zero attached hydrogens (tertiary/aromatic N) is 3. The van der Waals surface area contributed by atoms with Gasteiger partial charge in [0.25, 0.3) is 5.56 Å². The minimum atomic E-state index is -0.899. The van der Waals surface area contributed by atoms with Gasteiger partial charge >= 0.3 is 0 Å². The lowest BCUT2D eigenvalue weighted by atomic mass is 10.4. The summed E-state index contributed by atoms with van der Waals surface area (Å²) in [4.78, 5) is 21.7. The van der Waals surface area contributed by atoms with E-state index in [-0.39, 0.29) is 11.2 Å². The van der Waals surface area contributed by atoms with Crippen LogP contribution >= 0.6 is 0 Å². The fourth-order valence-electron chi connectivity index (χ4n) is 1.64. The Bertz CT molecular complexity index is 591. The van der Waals surface area contributed by atoms with E-state index in [1.807, 2.05) is 0 Å². The first-order valence-electron chi connectivity index (χ1n) is 5.59. The van der Waals surface area contributed by atoms with Crippen molar-refractivity contribution in [1.82, 2.24) is 19.5 Å². The lowest BCUT2D eigenvalue weighted by Gasteiger charge is -2.21. The number of rotatable bonds is 6. The van der Waals surface area contributed by atoms with Crippen LogP contribution in [0.15, 0.2) is 17.4 Å². The molecule has 0 fully saturated rings. The zero-order valence-electron chi connectivity index (χ0n) is 9.93. The lowest BCUT2D eigenvalue weighted by Crippen LogP contribution is -2.29. The number of hydrogen-bond acceptors (Lipinski definition) is 7.